The summed E-state index contributed by atoms with van der Waals surface area (Å²) in [4.78, 5) is 0.741. The molecule has 2 aromatic rings. The molecule has 2 aromatic carbocycles. The Bertz CT molecular complexity index is 558. The van der Waals surface area contributed by atoms with Crippen LogP contribution in [0.5, 0.6) is 0 Å². The molecule has 0 radical (unpaired) electrons. The molecule has 0 unspecified atom stereocenters. The second-order valence-electron chi connectivity index (χ2n) is 4.22. The van der Waals surface area contributed by atoms with E-state index in [0.29, 0.717) is 0 Å². The molecular weight excluding hydrogens is 264 g/mol. The Morgan fingerprint density at radius 3 is 2.63 bits per heavy atom. The molecule has 1 nitrogen and oxygen atoms in total. The molecule has 0 aliphatic heterocycles. The summed E-state index contributed by atoms with van der Waals surface area (Å²) >= 11 is 1.50. The van der Waals surface area contributed by atoms with Gasteiger partial charge >= 0.3 is 0 Å². The Morgan fingerprint density at radius 1 is 1.05 bits per heavy atom. The summed E-state index contributed by atoms with van der Waals surface area (Å²) in [5, 5.41) is 3.29. The molecule has 0 aliphatic carbocycles. The zero-order chi connectivity index (χ0) is 13.7. The highest BCUT2D eigenvalue weighted by Crippen LogP contribution is 2.20. The molecule has 2 rings (SSSR count). The van der Waals surface area contributed by atoms with Crippen LogP contribution in [0.4, 0.5) is 14.5 Å². The Morgan fingerprint density at radius 2 is 1.89 bits per heavy atom. The minimum atomic E-state index is -0.803. The number of halogens is 2. The first-order valence-corrected chi connectivity index (χ1v) is 7.02. The van der Waals surface area contributed by atoms with Gasteiger partial charge in [-0.05, 0) is 42.8 Å². The van der Waals surface area contributed by atoms with Crippen LogP contribution in [0.15, 0.2) is 47.4 Å². The van der Waals surface area contributed by atoms with Crippen molar-refractivity contribution in [3.63, 3.8) is 0 Å². The van der Waals surface area contributed by atoms with Crippen molar-refractivity contribution in [2.45, 2.75) is 11.8 Å². The first-order valence-electron chi connectivity index (χ1n) is 6.03. The van der Waals surface area contributed by atoms with E-state index in [1.165, 1.54) is 23.4 Å². The van der Waals surface area contributed by atoms with E-state index in [1.54, 1.807) is 6.07 Å². The third-order valence-electron chi connectivity index (χ3n) is 2.61. The number of anilines is 1. The van der Waals surface area contributed by atoms with Crippen LogP contribution in [0.3, 0.4) is 0 Å². The van der Waals surface area contributed by atoms with E-state index in [1.807, 2.05) is 25.1 Å². The second kappa shape index (κ2) is 6.57. The van der Waals surface area contributed by atoms with E-state index in [9.17, 15) is 8.78 Å². The van der Waals surface area contributed by atoms with E-state index >= 15 is 0 Å². The van der Waals surface area contributed by atoms with Crippen LogP contribution in [0, 0.1) is 18.6 Å². The van der Waals surface area contributed by atoms with E-state index in [2.05, 4.69) is 11.4 Å². The molecule has 100 valence electrons. The van der Waals surface area contributed by atoms with Gasteiger partial charge in [0.25, 0.3) is 0 Å². The number of hydrogen-bond acceptors (Lipinski definition) is 2. The molecule has 0 fully saturated rings. The minimum absolute atomic E-state index is 0.741. The maximum atomic E-state index is 13.0. The standard InChI is InChI=1S/C15H15F2NS/c1-11-3-2-4-12(9-11)18-7-8-19-13-5-6-14(16)15(17)10-13/h2-6,9-10,18H,7-8H2,1H3. The summed E-state index contributed by atoms with van der Waals surface area (Å²) in [6.45, 7) is 2.81. The van der Waals surface area contributed by atoms with Gasteiger partial charge in [0.15, 0.2) is 11.6 Å². The lowest BCUT2D eigenvalue weighted by Crippen LogP contribution is -2.03. The lowest BCUT2D eigenvalue weighted by atomic mass is 10.2. The van der Waals surface area contributed by atoms with Crippen LogP contribution in [-0.2, 0) is 0 Å². The molecule has 0 heterocycles. The Balaban J connectivity index is 1.79. The molecule has 0 saturated heterocycles. The van der Waals surface area contributed by atoms with Crippen LogP contribution in [0.25, 0.3) is 0 Å². The van der Waals surface area contributed by atoms with E-state index in [0.717, 1.165) is 28.9 Å². The zero-order valence-corrected chi connectivity index (χ0v) is 11.4. The van der Waals surface area contributed by atoms with Crippen LogP contribution in [0.2, 0.25) is 0 Å². The zero-order valence-electron chi connectivity index (χ0n) is 10.6. The normalized spacial score (nSPS) is 10.5. The molecular formula is C15H15F2NS. The summed E-state index contributed by atoms with van der Waals surface area (Å²) in [6, 6.07) is 12.1. The number of aryl methyl sites for hydroxylation is 1. The van der Waals surface area contributed by atoms with Gasteiger partial charge in [0.1, 0.15) is 0 Å². The fourth-order valence-electron chi connectivity index (χ4n) is 1.69. The van der Waals surface area contributed by atoms with Crippen molar-refractivity contribution in [3.8, 4) is 0 Å². The monoisotopic (exact) mass is 279 g/mol. The van der Waals surface area contributed by atoms with Crippen molar-refractivity contribution < 1.29 is 8.78 Å². The van der Waals surface area contributed by atoms with Gasteiger partial charge in [0.2, 0.25) is 0 Å². The van der Waals surface area contributed by atoms with E-state index in [4.69, 9.17) is 0 Å². The quantitative estimate of drug-likeness (QED) is 0.640. The minimum Gasteiger partial charge on any atom is -0.384 e. The summed E-state index contributed by atoms with van der Waals surface area (Å²) in [5.41, 5.74) is 2.28. The molecule has 0 aromatic heterocycles. The van der Waals surface area contributed by atoms with Crippen molar-refractivity contribution in [2.24, 2.45) is 0 Å². The smallest absolute Gasteiger partial charge is 0.159 e. The number of rotatable bonds is 5. The SMILES string of the molecule is Cc1cccc(NCCSc2ccc(F)c(F)c2)c1. The highest BCUT2D eigenvalue weighted by Gasteiger charge is 2.02. The summed E-state index contributed by atoms with van der Waals surface area (Å²) in [5.74, 6) is -0.808. The average Bonchev–Trinajstić information content (AvgIpc) is 2.39. The molecule has 0 atom stereocenters. The first kappa shape index (κ1) is 13.9. The molecule has 19 heavy (non-hydrogen) atoms. The van der Waals surface area contributed by atoms with Crippen molar-refractivity contribution in [3.05, 3.63) is 59.7 Å². The molecule has 0 bridgehead atoms. The van der Waals surface area contributed by atoms with Crippen LogP contribution in [-0.4, -0.2) is 12.3 Å². The molecule has 0 aliphatic rings. The third kappa shape index (κ3) is 4.24. The van der Waals surface area contributed by atoms with Gasteiger partial charge in [-0.15, -0.1) is 11.8 Å². The van der Waals surface area contributed by atoms with Gasteiger partial charge in [-0.1, -0.05) is 12.1 Å². The van der Waals surface area contributed by atoms with E-state index < -0.39 is 11.6 Å². The summed E-state index contributed by atoms with van der Waals surface area (Å²) < 4.78 is 25.7. The van der Waals surface area contributed by atoms with Crippen LogP contribution < -0.4 is 5.32 Å². The van der Waals surface area contributed by atoms with Gasteiger partial charge in [0.05, 0.1) is 0 Å². The lowest BCUT2D eigenvalue weighted by molar-refractivity contribution is 0.506. The van der Waals surface area contributed by atoms with Crippen LogP contribution >= 0.6 is 11.8 Å². The van der Waals surface area contributed by atoms with Gasteiger partial charge < -0.3 is 5.32 Å². The van der Waals surface area contributed by atoms with Crippen LogP contribution in [0.1, 0.15) is 5.56 Å². The molecule has 0 saturated carbocycles. The van der Waals surface area contributed by atoms with Gasteiger partial charge in [-0.2, -0.15) is 0 Å². The van der Waals surface area contributed by atoms with Crippen molar-refractivity contribution in [2.75, 3.05) is 17.6 Å². The lowest BCUT2D eigenvalue weighted by Gasteiger charge is -2.07. The maximum Gasteiger partial charge on any atom is 0.159 e. The molecule has 1 N–H and O–H groups in total. The topological polar surface area (TPSA) is 12.0 Å². The molecule has 0 spiro atoms. The maximum absolute atomic E-state index is 13.0. The van der Waals surface area contributed by atoms with Gasteiger partial charge in [0, 0.05) is 22.9 Å². The predicted octanol–water partition coefficient (Wildman–Crippen LogP) is 4.48. The van der Waals surface area contributed by atoms with Gasteiger partial charge in [-0.25, -0.2) is 8.78 Å². The Labute approximate surface area is 116 Å². The van der Waals surface area contributed by atoms with Crippen molar-refractivity contribution in [1.82, 2.24) is 0 Å². The average molecular weight is 279 g/mol. The first-order chi connectivity index (χ1) is 9.15. The highest BCUT2D eigenvalue weighted by molar-refractivity contribution is 7.99. The summed E-state index contributed by atoms with van der Waals surface area (Å²) in [6.07, 6.45) is 0. The predicted molar refractivity (Wildman–Crippen MR) is 76.8 cm³/mol. The molecule has 0 amide bonds. The summed E-state index contributed by atoms with van der Waals surface area (Å²) in [7, 11) is 0. The third-order valence-corrected chi connectivity index (χ3v) is 3.60. The fraction of sp³-hybridized carbons (Fsp3) is 0.200. The Hall–Kier alpha value is -1.55. The second-order valence-corrected chi connectivity index (χ2v) is 5.39. The number of benzene rings is 2. The largest absolute Gasteiger partial charge is 0.384 e. The Kier molecular flexibility index (Phi) is 4.80. The number of nitrogens with one attached hydrogen (secondary N) is 1. The highest BCUT2D eigenvalue weighted by atomic mass is 32.2. The number of thioether (sulfide) groups is 1. The van der Waals surface area contributed by atoms with E-state index in [-0.39, 0.29) is 0 Å². The van der Waals surface area contributed by atoms with Gasteiger partial charge in [-0.3, -0.25) is 0 Å². The fourth-order valence-corrected chi connectivity index (χ4v) is 2.48. The van der Waals surface area contributed by atoms with Crippen molar-refractivity contribution in [1.29, 1.82) is 0 Å². The molecule has 4 heteroatoms. The van der Waals surface area contributed by atoms with Crippen molar-refractivity contribution >= 4 is 17.4 Å². The number of hydrogen-bond donors (Lipinski definition) is 1.